The minimum atomic E-state index is -0.241. The predicted molar refractivity (Wildman–Crippen MR) is 58.6 cm³/mol. The summed E-state index contributed by atoms with van der Waals surface area (Å²) < 4.78 is 13.1. The number of hydrogen-bond donors (Lipinski definition) is 1. The highest BCUT2D eigenvalue weighted by Crippen LogP contribution is 2.23. The van der Waals surface area contributed by atoms with Crippen LogP contribution in [0, 0.1) is 11.9 Å². The van der Waals surface area contributed by atoms with Crippen molar-refractivity contribution in [3.05, 3.63) is 59.9 Å². The van der Waals surface area contributed by atoms with Gasteiger partial charge >= 0.3 is 0 Å². The van der Waals surface area contributed by atoms with E-state index < -0.39 is 0 Å². The van der Waals surface area contributed by atoms with Gasteiger partial charge in [-0.2, -0.15) is 0 Å². The fraction of sp³-hybridized carbons (Fsp3) is 0.0769. The lowest BCUT2D eigenvalue weighted by molar-refractivity contribution is 0.627. The lowest BCUT2D eigenvalue weighted by Crippen LogP contribution is -1.99. The van der Waals surface area contributed by atoms with E-state index >= 15 is 0 Å². The van der Waals surface area contributed by atoms with Crippen LogP contribution in [0.4, 0.5) is 4.39 Å². The lowest BCUT2D eigenvalue weighted by Gasteiger charge is -2.07. The summed E-state index contributed by atoms with van der Waals surface area (Å²) in [6.45, 7) is 0.411. The number of nitrogens with two attached hydrogens (primary N) is 1. The van der Waals surface area contributed by atoms with Crippen LogP contribution >= 0.6 is 0 Å². The van der Waals surface area contributed by atoms with E-state index in [0.29, 0.717) is 6.54 Å². The van der Waals surface area contributed by atoms with Gasteiger partial charge in [0, 0.05) is 6.54 Å². The molecule has 2 N–H and O–H groups in total. The molecule has 0 bridgehead atoms. The first-order valence-electron chi connectivity index (χ1n) is 4.76. The van der Waals surface area contributed by atoms with Crippen molar-refractivity contribution in [2.45, 2.75) is 6.54 Å². The van der Waals surface area contributed by atoms with Crippen LogP contribution in [0.5, 0.6) is 0 Å². The van der Waals surface area contributed by atoms with E-state index in [1.54, 1.807) is 18.2 Å². The topological polar surface area (TPSA) is 26.0 Å². The third-order valence-electron chi connectivity index (χ3n) is 2.32. The maximum absolute atomic E-state index is 13.1. The summed E-state index contributed by atoms with van der Waals surface area (Å²) in [5, 5.41) is 0. The molecular formula is C13H11FN. The summed E-state index contributed by atoms with van der Waals surface area (Å²) in [6.07, 6.45) is 0. The van der Waals surface area contributed by atoms with Crippen molar-refractivity contribution in [2.24, 2.45) is 5.73 Å². The Morgan fingerprint density at radius 3 is 2.53 bits per heavy atom. The van der Waals surface area contributed by atoms with Crippen LogP contribution in [0.3, 0.4) is 0 Å². The van der Waals surface area contributed by atoms with Crippen molar-refractivity contribution in [1.29, 1.82) is 0 Å². The monoisotopic (exact) mass is 200 g/mol. The Bertz CT molecular complexity index is 451. The molecule has 2 aromatic rings. The van der Waals surface area contributed by atoms with Crippen molar-refractivity contribution in [3.63, 3.8) is 0 Å². The Balaban J connectivity index is 2.56. The molecule has 0 amide bonds. The van der Waals surface area contributed by atoms with Crippen molar-refractivity contribution in [2.75, 3.05) is 0 Å². The van der Waals surface area contributed by atoms with Gasteiger partial charge in [-0.3, -0.25) is 0 Å². The summed E-state index contributed by atoms with van der Waals surface area (Å²) in [4.78, 5) is 0. The molecule has 2 rings (SSSR count). The average Bonchev–Trinajstić information content (AvgIpc) is 2.30. The molecule has 0 aliphatic rings. The number of rotatable bonds is 2. The van der Waals surface area contributed by atoms with Gasteiger partial charge < -0.3 is 5.73 Å². The van der Waals surface area contributed by atoms with Gasteiger partial charge in [-0.15, -0.1) is 0 Å². The van der Waals surface area contributed by atoms with Crippen molar-refractivity contribution in [3.8, 4) is 11.1 Å². The first-order chi connectivity index (χ1) is 7.31. The van der Waals surface area contributed by atoms with Gasteiger partial charge in [0.25, 0.3) is 0 Å². The Morgan fingerprint density at radius 1 is 1.13 bits per heavy atom. The zero-order valence-electron chi connectivity index (χ0n) is 8.20. The van der Waals surface area contributed by atoms with Crippen molar-refractivity contribution in [1.82, 2.24) is 0 Å². The van der Waals surface area contributed by atoms with Crippen LogP contribution < -0.4 is 5.73 Å². The standard InChI is InChI=1S/C13H11FN/c14-12-7-6-11(9-15)13(8-12)10-4-2-1-3-5-10/h2-8H,9,15H2. The summed E-state index contributed by atoms with van der Waals surface area (Å²) in [5.41, 5.74) is 8.37. The first kappa shape index (κ1) is 9.87. The van der Waals surface area contributed by atoms with E-state index in [9.17, 15) is 4.39 Å². The highest BCUT2D eigenvalue weighted by Gasteiger charge is 2.04. The van der Waals surface area contributed by atoms with Crippen LogP contribution in [-0.2, 0) is 6.54 Å². The molecule has 1 nitrogen and oxygen atoms in total. The number of halogens is 1. The molecule has 0 saturated heterocycles. The van der Waals surface area contributed by atoms with Crippen LogP contribution in [0.1, 0.15) is 5.56 Å². The van der Waals surface area contributed by atoms with E-state index in [2.05, 4.69) is 6.07 Å². The molecule has 0 aromatic heterocycles. The molecule has 75 valence electrons. The zero-order valence-corrected chi connectivity index (χ0v) is 8.20. The Labute approximate surface area is 88.4 Å². The van der Waals surface area contributed by atoms with Gasteiger partial charge in [-0.1, -0.05) is 30.3 Å². The molecule has 0 fully saturated rings. The summed E-state index contributed by atoms with van der Waals surface area (Å²) in [5.74, 6) is -0.241. The Kier molecular flexibility index (Phi) is 2.79. The summed E-state index contributed by atoms with van der Waals surface area (Å²) in [7, 11) is 0. The Hall–Kier alpha value is -1.67. The fourth-order valence-corrected chi connectivity index (χ4v) is 1.56. The molecule has 0 spiro atoms. The van der Waals surface area contributed by atoms with E-state index in [-0.39, 0.29) is 5.82 Å². The second-order valence-corrected chi connectivity index (χ2v) is 3.29. The molecule has 0 aliphatic carbocycles. The number of benzene rings is 2. The second kappa shape index (κ2) is 4.24. The minimum absolute atomic E-state index is 0.241. The fourth-order valence-electron chi connectivity index (χ4n) is 1.56. The third-order valence-corrected chi connectivity index (χ3v) is 2.32. The normalized spacial score (nSPS) is 10.3. The molecule has 0 unspecified atom stereocenters. The molecule has 0 atom stereocenters. The zero-order chi connectivity index (χ0) is 10.7. The highest BCUT2D eigenvalue weighted by molar-refractivity contribution is 5.67. The largest absolute Gasteiger partial charge is 0.326 e. The third kappa shape index (κ3) is 2.05. The van der Waals surface area contributed by atoms with Crippen LogP contribution in [0.15, 0.2) is 42.5 Å². The summed E-state index contributed by atoms with van der Waals surface area (Å²) in [6, 6.07) is 15.0. The van der Waals surface area contributed by atoms with Gasteiger partial charge in [0.05, 0.1) is 0 Å². The van der Waals surface area contributed by atoms with Gasteiger partial charge in [-0.05, 0) is 34.9 Å². The van der Waals surface area contributed by atoms with Crippen molar-refractivity contribution < 1.29 is 4.39 Å². The van der Waals surface area contributed by atoms with E-state index in [0.717, 1.165) is 16.7 Å². The predicted octanol–water partition coefficient (Wildman–Crippen LogP) is 2.75. The van der Waals surface area contributed by atoms with Gasteiger partial charge in [-0.25, -0.2) is 4.39 Å². The average molecular weight is 200 g/mol. The van der Waals surface area contributed by atoms with Gasteiger partial charge in [0.2, 0.25) is 0 Å². The van der Waals surface area contributed by atoms with Crippen LogP contribution in [0.25, 0.3) is 11.1 Å². The Morgan fingerprint density at radius 2 is 1.87 bits per heavy atom. The lowest BCUT2D eigenvalue weighted by atomic mass is 10.00. The molecule has 0 saturated carbocycles. The highest BCUT2D eigenvalue weighted by atomic mass is 19.1. The van der Waals surface area contributed by atoms with Crippen LogP contribution in [0.2, 0.25) is 0 Å². The number of hydrogen-bond acceptors (Lipinski definition) is 1. The molecule has 0 heterocycles. The smallest absolute Gasteiger partial charge is 0.123 e. The summed E-state index contributed by atoms with van der Waals surface area (Å²) >= 11 is 0. The molecule has 2 heteroatoms. The molecule has 2 aromatic carbocycles. The maximum Gasteiger partial charge on any atom is 0.123 e. The van der Waals surface area contributed by atoms with Crippen molar-refractivity contribution >= 4 is 0 Å². The van der Waals surface area contributed by atoms with Gasteiger partial charge in [0.15, 0.2) is 0 Å². The van der Waals surface area contributed by atoms with Crippen LogP contribution in [-0.4, -0.2) is 0 Å². The first-order valence-corrected chi connectivity index (χ1v) is 4.76. The van der Waals surface area contributed by atoms with E-state index in [4.69, 9.17) is 5.73 Å². The molecular weight excluding hydrogens is 189 g/mol. The van der Waals surface area contributed by atoms with Gasteiger partial charge in [0.1, 0.15) is 5.82 Å². The molecule has 15 heavy (non-hydrogen) atoms. The van der Waals surface area contributed by atoms with E-state index in [1.807, 2.05) is 12.1 Å². The second-order valence-electron chi connectivity index (χ2n) is 3.29. The SMILES string of the molecule is NCc1ccc(F)cc1-c1cc[c]cc1. The molecule has 1 radical (unpaired) electrons. The quantitative estimate of drug-likeness (QED) is 0.792. The van der Waals surface area contributed by atoms with E-state index in [1.165, 1.54) is 12.1 Å². The minimum Gasteiger partial charge on any atom is -0.326 e. The molecule has 0 aliphatic heterocycles. The maximum atomic E-state index is 13.1.